The molecule has 0 aliphatic heterocycles. The Kier molecular flexibility index (Phi) is 5.05. The third-order valence-corrected chi connectivity index (χ3v) is 3.59. The van der Waals surface area contributed by atoms with Crippen molar-refractivity contribution in [3.8, 4) is 11.5 Å². The monoisotopic (exact) mass is 316 g/mol. The molecule has 1 amide bonds. The van der Waals surface area contributed by atoms with Gasteiger partial charge in [-0.3, -0.25) is 9.59 Å². The molecule has 0 radical (unpaired) electrons. The zero-order valence-electron chi connectivity index (χ0n) is 13.6. The SMILES string of the molecule is COc1ccc(OC)c(C(C)NC(=O)c2cc(C(C)=O)c[nH]2)c1. The van der Waals surface area contributed by atoms with Crippen molar-refractivity contribution in [3.05, 3.63) is 47.3 Å². The minimum absolute atomic E-state index is 0.0946. The molecule has 2 N–H and O–H groups in total. The van der Waals surface area contributed by atoms with E-state index in [0.717, 1.165) is 5.56 Å². The molecule has 0 fully saturated rings. The number of hydrogen-bond donors (Lipinski definition) is 2. The lowest BCUT2D eigenvalue weighted by atomic mass is 10.1. The maximum absolute atomic E-state index is 12.3. The number of nitrogens with one attached hydrogen (secondary N) is 2. The molecule has 1 atom stereocenters. The predicted octanol–water partition coefficient (Wildman–Crippen LogP) is 2.73. The number of methoxy groups -OCH3 is 2. The number of H-pyrrole nitrogens is 1. The zero-order chi connectivity index (χ0) is 17.0. The van der Waals surface area contributed by atoms with Gasteiger partial charge in [0.25, 0.3) is 5.91 Å². The van der Waals surface area contributed by atoms with Crippen LogP contribution in [0.1, 0.15) is 46.3 Å². The van der Waals surface area contributed by atoms with Crippen LogP contribution in [0.3, 0.4) is 0 Å². The Morgan fingerprint density at radius 2 is 1.91 bits per heavy atom. The maximum Gasteiger partial charge on any atom is 0.268 e. The fraction of sp³-hybridized carbons (Fsp3) is 0.294. The minimum Gasteiger partial charge on any atom is -0.497 e. The lowest BCUT2D eigenvalue weighted by Crippen LogP contribution is -2.27. The van der Waals surface area contributed by atoms with Crippen LogP contribution < -0.4 is 14.8 Å². The summed E-state index contributed by atoms with van der Waals surface area (Å²) in [6.07, 6.45) is 1.52. The summed E-state index contributed by atoms with van der Waals surface area (Å²) < 4.78 is 10.5. The summed E-state index contributed by atoms with van der Waals surface area (Å²) in [5.41, 5.74) is 1.62. The number of ether oxygens (including phenoxy) is 2. The smallest absolute Gasteiger partial charge is 0.268 e. The van der Waals surface area contributed by atoms with E-state index in [9.17, 15) is 9.59 Å². The van der Waals surface area contributed by atoms with Gasteiger partial charge in [0.1, 0.15) is 17.2 Å². The molecule has 122 valence electrons. The molecule has 1 heterocycles. The molecule has 0 aliphatic rings. The number of ketones is 1. The molecular formula is C17H20N2O4. The maximum atomic E-state index is 12.3. The quantitative estimate of drug-likeness (QED) is 0.803. The van der Waals surface area contributed by atoms with Crippen LogP contribution in [0, 0.1) is 0 Å². The minimum atomic E-state index is -0.296. The number of aromatic amines is 1. The molecule has 0 saturated heterocycles. The van der Waals surface area contributed by atoms with E-state index in [-0.39, 0.29) is 17.7 Å². The van der Waals surface area contributed by atoms with Crippen LogP contribution in [0.5, 0.6) is 11.5 Å². The van der Waals surface area contributed by atoms with E-state index in [2.05, 4.69) is 10.3 Å². The second kappa shape index (κ2) is 7.00. The second-order valence-corrected chi connectivity index (χ2v) is 5.16. The summed E-state index contributed by atoms with van der Waals surface area (Å²) in [4.78, 5) is 26.4. The number of amides is 1. The van der Waals surface area contributed by atoms with Crippen molar-refractivity contribution in [1.29, 1.82) is 0 Å². The van der Waals surface area contributed by atoms with E-state index in [1.165, 1.54) is 19.2 Å². The number of hydrogen-bond acceptors (Lipinski definition) is 4. The van der Waals surface area contributed by atoms with Gasteiger partial charge >= 0.3 is 0 Å². The molecule has 1 aromatic carbocycles. The molecule has 2 aromatic rings. The van der Waals surface area contributed by atoms with E-state index in [1.54, 1.807) is 26.4 Å². The summed E-state index contributed by atoms with van der Waals surface area (Å²) in [6.45, 7) is 3.30. The van der Waals surface area contributed by atoms with Crippen LogP contribution >= 0.6 is 0 Å². The fourth-order valence-corrected chi connectivity index (χ4v) is 2.26. The van der Waals surface area contributed by atoms with E-state index < -0.39 is 0 Å². The molecule has 2 rings (SSSR count). The van der Waals surface area contributed by atoms with Gasteiger partial charge < -0.3 is 19.8 Å². The second-order valence-electron chi connectivity index (χ2n) is 5.16. The van der Waals surface area contributed by atoms with Crippen LogP contribution in [-0.2, 0) is 0 Å². The van der Waals surface area contributed by atoms with Gasteiger partial charge in [0.05, 0.1) is 20.3 Å². The van der Waals surface area contributed by atoms with Crippen LogP contribution in [0.15, 0.2) is 30.5 Å². The standard InChI is InChI=1S/C17H20N2O4/c1-10(14-8-13(22-3)5-6-16(14)23-4)19-17(21)15-7-12(9-18-15)11(2)20/h5-10,18H,1-4H3,(H,19,21). The number of Topliss-reactive ketones (excluding diaryl/α,β-unsaturated/α-hetero) is 1. The van der Waals surface area contributed by atoms with Crippen molar-refractivity contribution in [2.24, 2.45) is 0 Å². The number of aromatic nitrogens is 1. The van der Waals surface area contributed by atoms with Gasteiger partial charge in [-0.05, 0) is 38.1 Å². The highest BCUT2D eigenvalue weighted by Gasteiger charge is 2.17. The van der Waals surface area contributed by atoms with E-state index in [4.69, 9.17) is 9.47 Å². The van der Waals surface area contributed by atoms with Crippen LogP contribution in [0.2, 0.25) is 0 Å². The molecule has 0 aliphatic carbocycles. The zero-order valence-corrected chi connectivity index (χ0v) is 13.6. The van der Waals surface area contributed by atoms with Crippen molar-refractivity contribution in [1.82, 2.24) is 10.3 Å². The van der Waals surface area contributed by atoms with Crippen molar-refractivity contribution in [2.45, 2.75) is 19.9 Å². The molecule has 6 heteroatoms. The number of carbonyl (C=O) groups excluding carboxylic acids is 2. The predicted molar refractivity (Wildman–Crippen MR) is 86.2 cm³/mol. The Labute approximate surface area is 134 Å². The van der Waals surface area contributed by atoms with Gasteiger partial charge in [-0.2, -0.15) is 0 Å². The lowest BCUT2D eigenvalue weighted by molar-refractivity contribution is 0.0935. The average Bonchev–Trinajstić information content (AvgIpc) is 3.04. The molecule has 0 spiro atoms. The van der Waals surface area contributed by atoms with Crippen molar-refractivity contribution < 1.29 is 19.1 Å². The van der Waals surface area contributed by atoms with E-state index in [0.29, 0.717) is 22.8 Å². The highest BCUT2D eigenvalue weighted by atomic mass is 16.5. The van der Waals surface area contributed by atoms with Crippen LogP contribution in [0.4, 0.5) is 0 Å². The van der Waals surface area contributed by atoms with Gasteiger partial charge in [0, 0.05) is 17.3 Å². The molecule has 1 aromatic heterocycles. The van der Waals surface area contributed by atoms with Gasteiger partial charge in [-0.15, -0.1) is 0 Å². The van der Waals surface area contributed by atoms with Gasteiger partial charge in [-0.25, -0.2) is 0 Å². The number of carbonyl (C=O) groups is 2. The third kappa shape index (κ3) is 3.71. The average molecular weight is 316 g/mol. The van der Waals surface area contributed by atoms with E-state index >= 15 is 0 Å². The summed E-state index contributed by atoms with van der Waals surface area (Å²) in [6, 6.07) is 6.64. The summed E-state index contributed by atoms with van der Waals surface area (Å²) in [5, 5.41) is 2.87. The number of benzene rings is 1. The molecule has 0 saturated carbocycles. The molecular weight excluding hydrogens is 296 g/mol. The first-order chi connectivity index (χ1) is 11.0. The van der Waals surface area contributed by atoms with Crippen LogP contribution in [-0.4, -0.2) is 30.9 Å². The van der Waals surface area contributed by atoms with Crippen molar-refractivity contribution >= 4 is 11.7 Å². The first-order valence-electron chi connectivity index (χ1n) is 7.18. The lowest BCUT2D eigenvalue weighted by Gasteiger charge is -2.18. The molecule has 0 bridgehead atoms. The van der Waals surface area contributed by atoms with E-state index in [1.807, 2.05) is 13.0 Å². The third-order valence-electron chi connectivity index (χ3n) is 3.59. The fourth-order valence-electron chi connectivity index (χ4n) is 2.26. The van der Waals surface area contributed by atoms with Crippen molar-refractivity contribution in [2.75, 3.05) is 14.2 Å². The first kappa shape index (κ1) is 16.6. The van der Waals surface area contributed by atoms with Gasteiger partial charge in [-0.1, -0.05) is 0 Å². The van der Waals surface area contributed by atoms with Crippen LogP contribution in [0.25, 0.3) is 0 Å². The highest BCUT2D eigenvalue weighted by Crippen LogP contribution is 2.29. The Hall–Kier alpha value is -2.76. The normalized spacial score (nSPS) is 11.7. The summed E-state index contributed by atoms with van der Waals surface area (Å²) in [5.74, 6) is 0.952. The topological polar surface area (TPSA) is 80.4 Å². The van der Waals surface area contributed by atoms with Gasteiger partial charge in [0.2, 0.25) is 0 Å². The summed E-state index contributed by atoms with van der Waals surface area (Å²) in [7, 11) is 3.15. The Bertz CT molecular complexity index is 721. The Balaban J connectivity index is 2.18. The Morgan fingerprint density at radius 1 is 1.17 bits per heavy atom. The first-order valence-corrected chi connectivity index (χ1v) is 7.18. The number of rotatable bonds is 6. The molecule has 23 heavy (non-hydrogen) atoms. The highest BCUT2D eigenvalue weighted by molar-refractivity contribution is 5.99. The molecule has 6 nitrogen and oxygen atoms in total. The summed E-state index contributed by atoms with van der Waals surface area (Å²) >= 11 is 0. The molecule has 1 unspecified atom stereocenters. The van der Waals surface area contributed by atoms with Gasteiger partial charge in [0.15, 0.2) is 5.78 Å². The Morgan fingerprint density at radius 3 is 2.48 bits per heavy atom. The van der Waals surface area contributed by atoms with Crippen molar-refractivity contribution in [3.63, 3.8) is 0 Å². The largest absolute Gasteiger partial charge is 0.497 e.